The molecule has 0 unspecified atom stereocenters. The molecule has 0 radical (unpaired) electrons. The first kappa shape index (κ1) is 11.6. The zero-order valence-corrected chi connectivity index (χ0v) is 10.8. The van der Waals surface area contributed by atoms with Crippen molar-refractivity contribution in [2.24, 2.45) is 11.8 Å². The summed E-state index contributed by atoms with van der Waals surface area (Å²) < 4.78 is 1.96. The number of halogens is 1. The number of fused-ring (bicyclic) bond motifs is 3. The Labute approximate surface area is 114 Å². The molecule has 2 saturated carbocycles. The highest BCUT2D eigenvalue weighted by Crippen LogP contribution is 2.51. The number of hydrogen-bond donors (Lipinski definition) is 2. The summed E-state index contributed by atoms with van der Waals surface area (Å²) in [6.45, 7) is 0. The van der Waals surface area contributed by atoms with Gasteiger partial charge in [-0.15, -0.1) is 0 Å². The van der Waals surface area contributed by atoms with E-state index >= 15 is 0 Å². The van der Waals surface area contributed by atoms with Crippen LogP contribution in [-0.2, 0) is 0 Å². The Hall–Kier alpha value is -1.24. The quantitative estimate of drug-likeness (QED) is 0.754. The van der Waals surface area contributed by atoms with Crippen molar-refractivity contribution in [3.63, 3.8) is 0 Å². The molecule has 2 aliphatic rings. The van der Waals surface area contributed by atoms with E-state index in [1.165, 1.54) is 6.33 Å². The van der Waals surface area contributed by atoms with Crippen LogP contribution < -0.4 is 0 Å². The fraction of sp³-hybridized carbons (Fsp3) is 0.583. The van der Waals surface area contributed by atoms with Crippen LogP contribution in [0.25, 0.3) is 11.2 Å². The van der Waals surface area contributed by atoms with E-state index < -0.39 is 12.2 Å². The molecule has 7 heteroatoms. The Bertz CT molecular complexity index is 644. The lowest BCUT2D eigenvalue weighted by Crippen LogP contribution is -2.37. The molecule has 0 aromatic carbocycles. The molecule has 2 aliphatic carbocycles. The van der Waals surface area contributed by atoms with Crippen molar-refractivity contribution in [1.82, 2.24) is 19.5 Å². The Morgan fingerprint density at radius 2 is 2.00 bits per heavy atom. The number of rotatable bonds is 1. The Morgan fingerprint density at radius 1 is 1.16 bits per heavy atom. The summed E-state index contributed by atoms with van der Waals surface area (Å²) in [7, 11) is 0. The molecular formula is C12H13ClN4O2. The number of hydrogen-bond acceptors (Lipinski definition) is 5. The molecule has 4 rings (SSSR count). The summed E-state index contributed by atoms with van der Waals surface area (Å²) in [5.74, 6) is 0.228. The Balaban J connectivity index is 1.79. The zero-order valence-electron chi connectivity index (χ0n) is 10.0. The maximum Gasteiger partial charge on any atom is 0.165 e. The van der Waals surface area contributed by atoms with Crippen molar-refractivity contribution >= 4 is 22.8 Å². The molecule has 100 valence electrons. The molecule has 2 fully saturated rings. The molecule has 6 nitrogen and oxygen atoms in total. The van der Waals surface area contributed by atoms with Crippen molar-refractivity contribution in [2.75, 3.05) is 0 Å². The van der Waals surface area contributed by atoms with Crippen LogP contribution in [0, 0.1) is 11.8 Å². The third kappa shape index (κ3) is 1.47. The average molecular weight is 281 g/mol. The van der Waals surface area contributed by atoms with Gasteiger partial charge in [0.1, 0.15) is 11.8 Å². The van der Waals surface area contributed by atoms with Gasteiger partial charge in [0.2, 0.25) is 0 Å². The summed E-state index contributed by atoms with van der Waals surface area (Å²) in [6, 6.07) is 0.124. The van der Waals surface area contributed by atoms with Gasteiger partial charge in [-0.05, 0) is 18.8 Å². The minimum atomic E-state index is -0.654. The molecule has 19 heavy (non-hydrogen) atoms. The van der Waals surface area contributed by atoms with Crippen LogP contribution in [0.2, 0.25) is 5.15 Å². The van der Waals surface area contributed by atoms with E-state index in [9.17, 15) is 10.2 Å². The molecule has 2 aromatic heterocycles. The predicted octanol–water partition coefficient (Wildman–Crippen LogP) is 0.782. The third-order valence-corrected chi connectivity index (χ3v) is 4.83. The zero-order chi connectivity index (χ0) is 13.1. The molecule has 0 saturated heterocycles. The topological polar surface area (TPSA) is 84.1 Å². The van der Waals surface area contributed by atoms with E-state index in [0.29, 0.717) is 16.3 Å². The summed E-state index contributed by atoms with van der Waals surface area (Å²) >= 11 is 5.99. The highest BCUT2D eigenvalue weighted by atomic mass is 35.5. The second-order valence-electron chi connectivity index (χ2n) is 5.43. The molecule has 0 spiro atoms. The summed E-state index contributed by atoms with van der Waals surface area (Å²) in [5.41, 5.74) is 1.28. The number of nitrogens with zero attached hydrogens (tertiary/aromatic N) is 4. The van der Waals surface area contributed by atoms with Crippen molar-refractivity contribution < 1.29 is 10.2 Å². The van der Waals surface area contributed by atoms with Crippen molar-refractivity contribution in [3.8, 4) is 0 Å². The van der Waals surface area contributed by atoms with Crippen LogP contribution >= 0.6 is 11.6 Å². The molecule has 2 bridgehead atoms. The highest BCUT2D eigenvalue weighted by Gasteiger charge is 2.52. The van der Waals surface area contributed by atoms with Crippen molar-refractivity contribution in [3.05, 3.63) is 17.8 Å². The largest absolute Gasteiger partial charge is 0.390 e. The van der Waals surface area contributed by atoms with Crippen LogP contribution in [0.1, 0.15) is 18.9 Å². The van der Waals surface area contributed by atoms with Gasteiger partial charge in [-0.3, -0.25) is 0 Å². The molecule has 5 atom stereocenters. The summed E-state index contributed by atoms with van der Waals surface area (Å²) in [6.07, 6.45) is 3.58. The van der Waals surface area contributed by atoms with E-state index in [2.05, 4.69) is 15.0 Å². The molecule has 2 heterocycles. The SMILES string of the molecule is O[C@@H]1[C@@H]2C[C@H]([C@@H]1O)[C@@H](n1cnc3c(Cl)ncnc31)C2. The summed E-state index contributed by atoms with van der Waals surface area (Å²) in [5, 5.41) is 20.2. The standard InChI is InChI=1S/C12H13ClN4O2/c13-11-8-12(15-3-14-11)17(4-16-8)7-2-5-1-6(7)10(19)9(5)18/h3-7,9-10,18-19H,1-2H2/t5-,6+,7+,9-,10+/m1/s1. The fourth-order valence-electron chi connectivity index (χ4n) is 3.65. The van der Waals surface area contributed by atoms with E-state index in [1.807, 2.05) is 4.57 Å². The van der Waals surface area contributed by atoms with Crippen LogP contribution in [0.15, 0.2) is 12.7 Å². The van der Waals surface area contributed by atoms with Crippen LogP contribution in [0.5, 0.6) is 0 Å². The molecular weight excluding hydrogens is 268 g/mol. The lowest BCUT2D eigenvalue weighted by atomic mass is 9.90. The first-order valence-corrected chi connectivity index (χ1v) is 6.74. The number of imidazole rings is 1. The monoisotopic (exact) mass is 280 g/mol. The van der Waals surface area contributed by atoms with Gasteiger partial charge in [0, 0.05) is 12.0 Å². The van der Waals surface area contributed by atoms with E-state index in [1.54, 1.807) is 6.33 Å². The summed E-state index contributed by atoms with van der Waals surface area (Å²) in [4.78, 5) is 12.4. The number of aromatic nitrogens is 4. The molecule has 0 aliphatic heterocycles. The van der Waals surface area contributed by atoms with Crippen LogP contribution in [0.4, 0.5) is 0 Å². The van der Waals surface area contributed by atoms with Crippen LogP contribution in [-0.4, -0.2) is 41.9 Å². The van der Waals surface area contributed by atoms with Crippen molar-refractivity contribution in [2.45, 2.75) is 31.1 Å². The lowest BCUT2D eigenvalue weighted by Gasteiger charge is -2.30. The van der Waals surface area contributed by atoms with Gasteiger partial charge in [-0.25, -0.2) is 15.0 Å². The number of aliphatic hydroxyl groups excluding tert-OH is 2. The third-order valence-electron chi connectivity index (χ3n) is 4.56. The fourth-order valence-corrected chi connectivity index (χ4v) is 3.83. The normalized spacial score (nSPS) is 37.3. The van der Waals surface area contributed by atoms with Gasteiger partial charge < -0.3 is 14.8 Å². The second kappa shape index (κ2) is 3.88. The number of aliphatic hydroxyl groups is 2. The van der Waals surface area contributed by atoms with Gasteiger partial charge in [0.25, 0.3) is 0 Å². The van der Waals surface area contributed by atoms with Gasteiger partial charge in [0.05, 0.1) is 18.5 Å². The van der Waals surface area contributed by atoms with Gasteiger partial charge in [-0.2, -0.15) is 0 Å². The predicted molar refractivity (Wildman–Crippen MR) is 67.6 cm³/mol. The maximum atomic E-state index is 10.0. The van der Waals surface area contributed by atoms with Crippen LogP contribution in [0.3, 0.4) is 0 Å². The minimum absolute atomic E-state index is 0.0612. The van der Waals surface area contributed by atoms with Gasteiger partial charge in [0.15, 0.2) is 10.8 Å². The van der Waals surface area contributed by atoms with Crippen molar-refractivity contribution in [1.29, 1.82) is 0 Å². The molecule has 2 aromatic rings. The lowest BCUT2D eigenvalue weighted by molar-refractivity contribution is -0.0307. The minimum Gasteiger partial charge on any atom is -0.390 e. The van der Waals surface area contributed by atoms with Gasteiger partial charge >= 0.3 is 0 Å². The maximum absolute atomic E-state index is 10.0. The van der Waals surface area contributed by atoms with Gasteiger partial charge in [-0.1, -0.05) is 11.6 Å². The van der Waals surface area contributed by atoms with E-state index in [-0.39, 0.29) is 17.9 Å². The average Bonchev–Trinajstić information content (AvgIpc) is 3.05. The van der Waals surface area contributed by atoms with E-state index in [0.717, 1.165) is 12.8 Å². The Kier molecular flexibility index (Phi) is 2.36. The first-order chi connectivity index (χ1) is 9.16. The smallest absolute Gasteiger partial charge is 0.165 e. The first-order valence-electron chi connectivity index (χ1n) is 6.36. The van der Waals surface area contributed by atoms with E-state index in [4.69, 9.17) is 11.6 Å². The second-order valence-corrected chi connectivity index (χ2v) is 5.79. The Morgan fingerprint density at radius 3 is 2.74 bits per heavy atom. The molecule has 0 amide bonds. The highest BCUT2D eigenvalue weighted by molar-refractivity contribution is 6.33. The molecule has 2 N–H and O–H groups in total.